The van der Waals surface area contributed by atoms with Gasteiger partial charge in [0.15, 0.2) is 5.69 Å². The van der Waals surface area contributed by atoms with Crippen LogP contribution in [0.1, 0.15) is 148 Å². The van der Waals surface area contributed by atoms with Crippen LogP contribution < -0.4 is 21.3 Å². The molecule has 3 aliphatic heterocycles. The molecule has 0 bridgehead atoms. The Morgan fingerprint density at radius 3 is 2.25 bits per heavy atom. The molecule has 7 atom stereocenters. The maximum Gasteiger partial charge on any atom is 0.399 e. The molecule has 4 aromatic carbocycles. The number of halogens is 2. The summed E-state index contributed by atoms with van der Waals surface area (Å²) in [5.74, 6) is -3.37. The lowest BCUT2D eigenvalue weighted by atomic mass is 9.85. The number of β-amino-alcohol motifs (C(OH)–C–C–N with tert-alkyl or cyclic N) is 1. The molecule has 25 heteroatoms. The Morgan fingerprint density at radius 1 is 0.830 bits per heavy atom. The number of aryl methyl sites for hydroxylation is 2. The number of benzene rings is 4. The van der Waals surface area contributed by atoms with E-state index < -0.39 is 90.1 Å². The van der Waals surface area contributed by atoms with E-state index in [1.54, 1.807) is 22.9 Å². The van der Waals surface area contributed by atoms with Crippen LogP contribution in [0.15, 0.2) is 84.4 Å². The van der Waals surface area contributed by atoms with E-state index in [0.717, 1.165) is 65.1 Å². The summed E-state index contributed by atoms with van der Waals surface area (Å²) in [6.45, 7) is 11.4. The van der Waals surface area contributed by atoms with Gasteiger partial charge in [0.2, 0.25) is 29.5 Å². The number of alkyl halides is 2. The van der Waals surface area contributed by atoms with Crippen molar-refractivity contribution >= 4 is 82.0 Å². The summed E-state index contributed by atoms with van der Waals surface area (Å²) in [5.41, 5.74) is 0.0581. The maximum absolute atomic E-state index is 14.9. The van der Waals surface area contributed by atoms with E-state index in [4.69, 9.17) is 0 Å². The summed E-state index contributed by atoms with van der Waals surface area (Å²) < 4.78 is 41.2. The Morgan fingerprint density at radius 2 is 1.55 bits per heavy atom. The molecule has 3 saturated heterocycles. The number of likely N-dealkylation sites (tertiary alicyclic amines) is 1. The second kappa shape index (κ2) is 27.1. The zero-order valence-electron chi connectivity index (χ0n) is 50.2. The minimum absolute atomic E-state index is 0.0399. The number of aromatic nitrogens is 3. The van der Waals surface area contributed by atoms with Crippen LogP contribution in [0.2, 0.25) is 0 Å². The van der Waals surface area contributed by atoms with Crippen molar-refractivity contribution in [1.29, 1.82) is 0 Å². The number of aliphatic hydroxyl groups is 1. The van der Waals surface area contributed by atoms with Crippen LogP contribution in [0.3, 0.4) is 0 Å². The number of H-pyrrole nitrogens is 1. The molecule has 6 aromatic rings. The van der Waals surface area contributed by atoms with E-state index in [9.17, 15) is 61.8 Å². The minimum Gasteiger partial charge on any atom is -0.391 e. The lowest BCUT2D eigenvalue weighted by Gasteiger charge is -2.38. The predicted molar refractivity (Wildman–Crippen MR) is 328 cm³/mol. The van der Waals surface area contributed by atoms with Gasteiger partial charge in [0.25, 0.3) is 11.8 Å². The highest BCUT2D eigenvalue weighted by Gasteiger charge is 2.51. The van der Waals surface area contributed by atoms with E-state index in [2.05, 4.69) is 36.4 Å². The van der Waals surface area contributed by atoms with Gasteiger partial charge in [0.05, 0.1) is 40.3 Å². The van der Waals surface area contributed by atoms with Gasteiger partial charge in [-0.25, -0.2) is 4.98 Å². The number of thiazole rings is 1. The van der Waals surface area contributed by atoms with Crippen molar-refractivity contribution in [2.45, 2.75) is 160 Å². The van der Waals surface area contributed by atoms with Crippen LogP contribution in [0.5, 0.6) is 0 Å². The molecule has 0 saturated carbocycles. The number of nitrogens with zero attached hydrogens (tertiary/aromatic N) is 5. The lowest BCUT2D eigenvalue weighted by Crippen LogP contribution is -2.61. The summed E-state index contributed by atoms with van der Waals surface area (Å²) in [7, 11) is -5.90. The first-order chi connectivity index (χ1) is 41.7. The van der Waals surface area contributed by atoms with Crippen molar-refractivity contribution in [1.82, 2.24) is 51.1 Å². The number of carbonyl (C=O) groups excluding carboxylic acids is 7. The van der Waals surface area contributed by atoms with Gasteiger partial charge in [-0.15, -0.1) is 11.3 Å². The van der Waals surface area contributed by atoms with E-state index >= 15 is 0 Å². The van der Waals surface area contributed by atoms with Gasteiger partial charge in [-0.05, 0) is 111 Å². The maximum atomic E-state index is 14.9. The topological polar surface area (TPSA) is 297 Å². The van der Waals surface area contributed by atoms with Crippen LogP contribution in [-0.4, -0.2) is 149 Å². The van der Waals surface area contributed by atoms with Crippen molar-refractivity contribution < 1.29 is 61.8 Å². The normalized spacial score (nSPS) is 19.9. The van der Waals surface area contributed by atoms with Crippen LogP contribution >= 0.6 is 18.9 Å². The standard InChI is InChI=1S/C63H77F2N10O11PS/c1-36-14-24-48-47(29-36)53(72-71-48)60(82)73-28-26-45-23-25-50(75(45)59(81)49(34-73)69-56(78)42-20-17-40-21-22-44(31-43(40)30-42)63(64,65)87(84,85)86)57(79)66-27-12-10-8-7-9-11-13-52(77)70-55(62(4,5)6)61(83)74-33-46(76)32-51(74)58(80)68-37(2)39-15-18-41(19-16-39)54-38(3)67-35-88-54/h14-22,24,29-31,35,37,45-46,49-51,55,76H,7-13,23,25-28,32-34H2,1-6H3,(H,66,79)(H,68,80)(H,69,78)(H,70,77)(H,71,72)(H2,84,85,86)/t37-,45+,46+,49-,50-,51-,55+/m0/s1. The number of amides is 7. The Hall–Kier alpha value is -7.50. The van der Waals surface area contributed by atoms with Gasteiger partial charge in [0.1, 0.15) is 24.2 Å². The number of hydrogen-bond acceptors (Lipinski definition) is 12. The van der Waals surface area contributed by atoms with Gasteiger partial charge in [-0.3, -0.25) is 43.2 Å². The Labute approximate surface area is 512 Å². The van der Waals surface area contributed by atoms with Crippen molar-refractivity contribution in [3.63, 3.8) is 0 Å². The summed E-state index contributed by atoms with van der Waals surface area (Å²) in [6.07, 6.45) is 4.77. The first-order valence-corrected chi connectivity index (χ1v) is 32.4. The third-order valence-electron chi connectivity index (χ3n) is 17.0. The number of aromatic amines is 1. The second-order valence-electron chi connectivity index (χ2n) is 24.6. The summed E-state index contributed by atoms with van der Waals surface area (Å²) in [5, 5.41) is 30.7. The molecule has 21 nitrogen and oxygen atoms in total. The Bertz CT molecular complexity index is 3640. The predicted octanol–water partition coefficient (Wildman–Crippen LogP) is 7.90. The highest BCUT2D eigenvalue weighted by Crippen LogP contribution is 2.59. The highest BCUT2D eigenvalue weighted by molar-refractivity contribution is 7.52. The van der Waals surface area contributed by atoms with E-state index in [-0.39, 0.29) is 67.0 Å². The van der Waals surface area contributed by atoms with E-state index in [1.165, 1.54) is 39.0 Å². The molecule has 88 heavy (non-hydrogen) atoms. The van der Waals surface area contributed by atoms with Crippen molar-refractivity contribution in [2.24, 2.45) is 5.41 Å². The first-order valence-electron chi connectivity index (χ1n) is 29.9. The minimum atomic E-state index is -5.90. The van der Waals surface area contributed by atoms with Crippen molar-refractivity contribution in [2.75, 3.05) is 26.2 Å². The monoisotopic (exact) mass is 1250 g/mol. The van der Waals surface area contributed by atoms with Gasteiger partial charge in [-0.2, -0.15) is 13.9 Å². The fraction of sp³-hybridized carbons (Fsp3) is 0.476. The third-order valence-corrected chi connectivity index (χ3v) is 19.0. The molecule has 7 amide bonds. The van der Waals surface area contributed by atoms with Crippen LogP contribution in [0.4, 0.5) is 8.78 Å². The fourth-order valence-corrected chi connectivity index (χ4v) is 13.3. The molecule has 0 radical (unpaired) electrons. The van der Waals surface area contributed by atoms with Crippen molar-refractivity contribution in [3.8, 4) is 10.4 Å². The van der Waals surface area contributed by atoms with Crippen LogP contribution in [-0.2, 0) is 34.2 Å². The number of rotatable bonds is 21. The summed E-state index contributed by atoms with van der Waals surface area (Å²) in [4.78, 5) is 127. The number of carbonyl (C=O) groups is 7. The van der Waals surface area contributed by atoms with Gasteiger partial charge < -0.3 is 50.9 Å². The van der Waals surface area contributed by atoms with Gasteiger partial charge in [-0.1, -0.05) is 101 Å². The smallest absolute Gasteiger partial charge is 0.391 e. The molecule has 8 N–H and O–H groups in total. The third kappa shape index (κ3) is 14.6. The van der Waals surface area contributed by atoms with Crippen LogP contribution in [0, 0.1) is 19.3 Å². The van der Waals surface area contributed by atoms with Gasteiger partial charge in [0, 0.05) is 55.0 Å². The highest BCUT2D eigenvalue weighted by atomic mass is 32.1. The zero-order chi connectivity index (χ0) is 63.4. The quantitative estimate of drug-likeness (QED) is 0.0251. The molecule has 9 rings (SSSR count). The largest absolute Gasteiger partial charge is 0.399 e. The zero-order valence-corrected chi connectivity index (χ0v) is 51.9. The molecule has 0 unspecified atom stereocenters. The number of hydrogen-bond donors (Lipinski definition) is 8. The first kappa shape index (κ1) is 65.0. The Kier molecular flexibility index (Phi) is 20.0. The second-order valence-corrected chi connectivity index (χ2v) is 27.1. The Balaban J connectivity index is 0.756. The molecule has 0 aliphatic carbocycles. The lowest BCUT2D eigenvalue weighted by molar-refractivity contribution is -0.144. The number of fused-ring (bicyclic) bond motifs is 3. The van der Waals surface area contributed by atoms with E-state index in [0.29, 0.717) is 54.9 Å². The average molecular weight is 1250 g/mol. The molecular formula is C63H77F2N10O11PS. The van der Waals surface area contributed by atoms with Crippen molar-refractivity contribution in [3.05, 3.63) is 118 Å². The number of nitrogens with one attached hydrogen (secondary N) is 5. The summed E-state index contributed by atoms with van der Waals surface area (Å²) in [6, 6.07) is 15.5. The molecule has 2 aromatic heterocycles. The molecule has 470 valence electrons. The summed E-state index contributed by atoms with van der Waals surface area (Å²) >= 11 is 1.56. The average Bonchev–Trinajstić information content (AvgIpc) is 1.42. The fourth-order valence-electron chi connectivity index (χ4n) is 12.0. The molecule has 5 heterocycles. The van der Waals surface area contributed by atoms with E-state index in [1.807, 2.05) is 77.9 Å². The molecule has 3 fully saturated rings. The van der Waals surface area contributed by atoms with Gasteiger partial charge >= 0.3 is 13.3 Å². The SMILES string of the molecule is Cc1ccc2[nH]nc(C(=O)N3CC[C@H]4CC[C@@H](C(=O)NCCCCCCCCC(=O)N[C@H](C(=O)N5C[C@H](O)C[C@H]5C(=O)N[C@@H](C)c5ccc(-c6scnc6C)cc5)C(C)(C)C)N4C(=O)[C@@H](NC(=O)c4ccc5ccc(C(F)(F)P(=O)(O)O)cc5c4)C3)c2c1. The molecule has 0 spiro atoms. The van der Waals surface area contributed by atoms with Crippen LogP contribution in [0.25, 0.3) is 32.1 Å². The molecular weight excluding hydrogens is 1170 g/mol. The number of aliphatic hydroxyl groups excluding tert-OH is 1. The number of unbranched alkanes of at least 4 members (excludes halogenated alkanes) is 5. The molecule has 3 aliphatic rings.